The van der Waals surface area contributed by atoms with Crippen LogP contribution < -0.4 is 0 Å². The fourth-order valence-corrected chi connectivity index (χ4v) is 1.99. The minimum absolute atomic E-state index is 0.183. The normalized spacial score (nSPS) is 11.6. The first kappa shape index (κ1) is 12.2. The molecule has 2 aromatic carbocycles. The molecule has 0 saturated heterocycles. The molecular formula is C16H16O2. The van der Waals surface area contributed by atoms with Crippen LogP contribution in [0.4, 0.5) is 0 Å². The zero-order chi connectivity index (χ0) is 13.1. The van der Waals surface area contributed by atoms with E-state index in [1.165, 1.54) is 0 Å². The smallest absolute Gasteiger partial charge is 0.123 e. The summed E-state index contributed by atoms with van der Waals surface area (Å²) in [6.45, 7) is 3.68. The van der Waals surface area contributed by atoms with Crippen LogP contribution in [-0.4, -0.2) is 10.2 Å². The predicted octanol–water partition coefficient (Wildman–Crippen LogP) is 3.86. The second-order valence-corrected chi connectivity index (χ2v) is 4.22. The fraction of sp³-hybridized carbons (Fsp3) is 0.125. The molecule has 0 spiro atoms. The Bertz CT molecular complexity index is 584. The van der Waals surface area contributed by atoms with E-state index in [0.717, 1.165) is 11.1 Å². The number of phenols is 2. The number of hydrogen-bond donors (Lipinski definition) is 2. The maximum atomic E-state index is 10.0. The summed E-state index contributed by atoms with van der Waals surface area (Å²) in [5.41, 5.74) is 3.23. The number of rotatable bonds is 2. The topological polar surface area (TPSA) is 40.5 Å². The molecule has 2 N–H and O–H groups in total. The Morgan fingerprint density at radius 3 is 2.28 bits per heavy atom. The van der Waals surface area contributed by atoms with Crippen LogP contribution in [-0.2, 0) is 0 Å². The molecule has 0 aliphatic heterocycles. The second-order valence-electron chi connectivity index (χ2n) is 4.22. The Kier molecular flexibility index (Phi) is 3.38. The van der Waals surface area contributed by atoms with Crippen molar-refractivity contribution >= 4 is 5.57 Å². The van der Waals surface area contributed by atoms with Gasteiger partial charge in [0.1, 0.15) is 11.5 Å². The van der Waals surface area contributed by atoms with Crippen LogP contribution in [0.3, 0.4) is 0 Å². The standard InChI is InChI=1S/C16H16O2/c1-3-13(12-7-5-4-6-8-12)14-10-15(17)11(2)9-16(14)18/h3-10,17-18H,1-2H3/b13-3+. The number of benzene rings is 2. The molecule has 0 fully saturated rings. The molecule has 2 aromatic rings. The van der Waals surface area contributed by atoms with Crippen molar-refractivity contribution in [3.63, 3.8) is 0 Å². The largest absolute Gasteiger partial charge is 0.508 e. The summed E-state index contributed by atoms with van der Waals surface area (Å²) in [7, 11) is 0. The molecule has 0 bridgehead atoms. The average Bonchev–Trinajstić information content (AvgIpc) is 2.38. The van der Waals surface area contributed by atoms with E-state index < -0.39 is 0 Å². The minimum Gasteiger partial charge on any atom is -0.508 e. The third kappa shape index (κ3) is 2.23. The van der Waals surface area contributed by atoms with Crippen molar-refractivity contribution in [3.05, 3.63) is 65.2 Å². The third-order valence-corrected chi connectivity index (χ3v) is 2.98. The molecule has 0 aliphatic carbocycles. The van der Waals surface area contributed by atoms with E-state index in [4.69, 9.17) is 0 Å². The maximum absolute atomic E-state index is 10.0. The number of aromatic hydroxyl groups is 2. The highest BCUT2D eigenvalue weighted by Gasteiger charge is 2.11. The number of phenolic OH excluding ortho intramolecular Hbond substituents is 2. The molecule has 18 heavy (non-hydrogen) atoms. The fourth-order valence-electron chi connectivity index (χ4n) is 1.99. The first-order valence-electron chi connectivity index (χ1n) is 5.88. The highest BCUT2D eigenvalue weighted by atomic mass is 16.3. The van der Waals surface area contributed by atoms with Gasteiger partial charge in [-0.05, 0) is 42.7 Å². The summed E-state index contributed by atoms with van der Waals surface area (Å²) in [6, 6.07) is 13.0. The van der Waals surface area contributed by atoms with E-state index in [1.807, 2.05) is 43.3 Å². The van der Waals surface area contributed by atoms with E-state index in [9.17, 15) is 10.2 Å². The Labute approximate surface area is 107 Å². The van der Waals surface area contributed by atoms with Crippen molar-refractivity contribution in [1.82, 2.24) is 0 Å². The Morgan fingerprint density at radius 1 is 1.00 bits per heavy atom. The van der Waals surface area contributed by atoms with Crippen LogP contribution in [0.1, 0.15) is 23.6 Å². The lowest BCUT2D eigenvalue weighted by Crippen LogP contribution is -1.89. The average molecular weight is 240 g/mol. The van der Waals surface area contributed by atoms with E-state index in [1.54, 1.807) is 19.1 Å². The lowest BCUT2D eigenvalue weighted by Gasteiger charge is -2.11. The third-order valence-electron chi connectivity index (χ3n) is 2.98. The number of aryl methyl sites for hydroxylation is 1. The molecule has 0 heterocycles. The highest BCUT2D eigenvalue weighted by Crippen LogP contribution is 2.34. The predicted molar refractivity (Wildman–Crippen MR) is 73.7 cm³/mol. The van der Waals surface area contributed by atoms with Gasteiger partial charge in [0.05, 0.1) is 0 Å². The molecule has 0 aromatic heterocycles. The van der Waals surface area contributed by atoms with Gasteiger partial charge in [0, 0.05) is 5.56 Å². The van der Waals surface area contributed by atoms with Crippen LogP contribution in [0, 0.1) is 6.92 Å². The van der Waals surface area contributed by atoms with Crippen LogP contribution in [0.15, 0.2) is 48.5 Å². The van der Waals surface area contributed by atoms with Crippen molar-refractivity contribution in [2.75, 3.05) is 0 Å². The quantitative estimate of drug-likeness (QED) is 0.782. The van der Waals surface area contributed by atoms with Crippen molar-refractivity contribution in [2.45, 2.75) is 13.8 Å². The van der Waals surface area contributed by atoms with Gasteiger partial charge >= 0.3 is 0 Å². The Hall–Kier alpha value is -2.22. The van der Waals surface area contributed by atoms with Gasteiger partial charge in [-0.25, -0.2) is 0 Å². The molecule has 2 rings (SSSR count). The summed E-state index contributed by atoms with van der Waals surface area (Å²) in [5, 5.41) is 19.8. The van der Waals surface area contributed by atoms with Gasteiger partial charge in [-0.2, -0.15) is 0 Å². The zero-order valence-corrected chi connectivity index (χ0v) is 10.5. The Morgan fingerprint density at radius 2 is 1.67 bits per heavy atom. The molecular weight excluding hydrogens is 224 g/mol. The van der Waals surface area contributed by atoms with Gasteiger partial charge in [-0.3, -0.25) is 0 Å². The van der Waals surface area contributed by atoms with Gasteiger partial charge in [0.25, 0.3) is 0 Å². The van der Waals surface area contributed by atoms with Gasteiger partial charge in [0.2, 0.25) is 0 Å². The first-order valence-corrected chi connectivity index (χ1v) is 5.88. The molecule has 0 saturated carbocycles. The second kappa shape index (κ2) is 4.96. The van der Waals surface area contributed by atoms with Gasteiger partial charge < -0.3 is 10.2 Å². The maximum Gasteiger partial charge on any atom is 0.123 e. The highest BCUT2D eigenvalue weighted by molar-refractivity contribution is 5.83. The molecule has 92 valence electrons. The number of hydrogen-bond acceptors (Lipinski definition) is 2. The number of allylic oxidation sites excluding steroid dienone is 1. The van der Waals surface area contributed by atoms with Gasteiger partial charge in [-0.1, -0.05) is 36.4 Å². The van der Waals surface area contributed by atoms with Gasteiger partial charge in [0.15, 0.2) is 0 Å². The molecule has 0 radical (unpaired) electrons. The monoisotopic (exact) mass is 240 g/mol. The zero-order valence-electron chi connectivity index (χ0n) is 10.5. The van der Waals surface area contributed by atoms with Crippen molar-refractivity contribution in [2.24, 2.45) is 0 Å². The summed E-state index contributed by atoms with van der Waals surface area (Å²) in [6.07, 6.45) is 1.93. The van der Waals surface area contributed by atoms with Crippen molar-refractivity contribution in [3.8, 4) is 11.5 Å². The minimum atomic E-state index is 0.183. The molecule has 0 aliphatic rings. The van der Waals surface area contributed by atoms with Gasteiger partial charge in [-0.15, -0.1) is 0 Å². The summed E-state index contributed by atoms with van der Waals surface area (Å²) in [4.78, 5) is 0. The van der Waals surface area contributed by atoms with E-state index >= 15 is 0 Å². The van der Waals surface area contributed by atoms with E-state index in [0.29, 0.717) is 11.1 Å². The lowest BCUT2D eigenvalue weighted by atomic mass is 9.95. The summed E-state index contributed by atoms with van der Waals surface area (Å²) >= 11 is 0. The SMILES string of the molecule is C/C=C(\c1ccccc1)c1cc(O)c(C)cc1O. The Balaban J connectivity index is 2.57. The van der Waals surface area contributed by atoms with Crippen LogP contribution >= 0.6 is 0 Å². The summed E-state index contributed by atoms with van der Waals surface area (Å²) < 4.78 is 0. The van der Waals surface area contributed by atoms with Crippen molar-refractivity contribution < 1.29 is 10.2 Å². The molecule has 0 atom stereocenters. The lowest BCUT2D eigenvalue weighted by molar-refractivity contribution is 0.455. The van der Waals surface area contributed by atoms with E-state index in [2.05, 4.69) is 0 Å². The molecule has 2 heteroatoms. The summed E-state index contributed by atoms with van der Waals surface area (Å²) in [5.74, 6) is 0.375. The van der Waals surface area contributed by atoms with Crippen LogP contribution in [0.5, 0.6) is 11.5 Å². The molecule has 0 unspecified atom stereocenters. The van der Waals surface area contributed by atoms with E-state index in [-0.39, 0.29) is 11.5 Å². The van der Waals surface area contributed by atoms with Crippen LogP contribution in [0.25, 0.3) is 5.57 Å². The molecule has 0 amide bonds. The van der Waals surface area contributed by atoms with Crippen LogP contribution in [0.2, 0.25) is 0 Å². The first-order chi connectivity index (χ1) is 8.63. The molecule has 2 nitrogen and oxygen atoms in total. The van der Waals surface area contributed by atoms with Crippen molar-refractivity contribution in [1.29, 1.82) is 0 Å².